The summed E-state index contributed by atoms with van der Waals surface area (Å²) in [5.74, 6) is -0.521. The maximum atomic E-state index is 13.2. The predicted octanol–water partition coefficient (Wildman–Crippen LogP) is 1.97. The van der Waals surface area contributed by atoms with E-state index in [2.05, 4.69) is 0 Å². The van der Waals surface area contributed by atoms with E-state index >= 15 is 0 Å². The van der Waals surface area contributed by atoms with Gasteiger partial charge in [-0.1, -0.05) is 0 Å². The molecule has 0 saturated carbocycles. The van der Waals surface area contributed by atoms with Crippen molar-refractivity contribution >= 4 is 11.5 Å². The number of anilines is 1. The van der Waals surface area contributed by atoms with E-state index in [1.807, 2.05) is 18.7 Å². The lowest BCUT2D eigenvalue weighted by Gasteiger charge is -2.30. The van der Waals surface area contributed by atoms with Crippen molar-refractivity contribution in [1.82, 2.24) is 0 Å². The smallest absolute Gasteiger partial charge is 0.125 e. The third kappa shape index (κ3) is 3.43. The van der Waals surface area contributed by atoms with E-state index in [1.54, 1.807) is 13.2 Å². The Bertz CT molecular complexity index is 421. The van der Waals surface area contributed by atoms with Crippen LogP contribution in [0.3, 0.4) is 0 Å². The minimum absolute atomic E-state index is 0.132. The Kier molecular flexibility index (Phi) is 5.09. The average Bonchev–Trinajstić information content (AvgIpc) is 2.30. The first-order valence-electron chi connectivity index (χ1n) is 5.87. The lowest BCUT2D eigenvalue weighted by atomic mass is 10.1. The van der Waals surface area contributed by atoms with Gasteiger partial charge in [0, 0.05) is 30.9 Å². The Hall–Kier alpha value is -1.62. The standard InChI is InChI=1S/C13H20FN3O/c1-9(2)17(6-7-18-3)12-5-4-10(14)8-11(12)13(15)16/h4-5,8-9H,6-7H2,1-3H3,(H3,15,16). The van der Waals surface area contributed by atoms with Crippen LogP contribution in [0.15, 0.2) is 18.2 Å². The summed E-state index contributed by atoms with van der Waals surface area (Å²) in [4.78, 5) is 2.04. The monoisotopic (exact) mass is 253 g/mol. The van der Waals surface area contributed by atoms with Crippen LogP contribution in [-0.2, 0) is 4.74 Å². The van der Waals surface area contributed by atoms with E-state index in [-0.39, 0.29) is 17.7 Å². The number of methoxy groups -OCH3 is 1. The van der Waals surface area contributed by atoms with Crippen molar-refractivity contribution < 1.29 is 9.13 Å². The highest BCUT2D eigenvalue weighted by molar-refractivity contribution is 6.00. The molecule has 100 valence electrons. The summed E-state index contributed by atoms with van der Waals surface area (Å²) in [6.07, 6.45) is 0. The van der Waals surface area contributed by atoms with Gasteiger partial charge in [-0.25, -0.2) is 4.39 Å². The number of halogens is 1. The summed E-state index contributed by atoms with van der Waals surface area (Å²) in [5, 5.41) is 7.54. The van der Waals surface area contributed by atoms with Gasteiger partial charge < -0.3 is 15.4 Å². The molecule has 0 atom stereocenters. The predicted molar refractivity (Wildman–Crippen MR) is 71.8 cm³/mol. The molecule has 0 aliphatic heterocycles. The van der Waals surface area contributed by atoms with Gasteiger partial charge in [0.05, 0.1) is 6.61 Å². The summed E-state index contributed by atoms with van der Waals surface area (Å²) in [6, 6.07) is 4.54. The van der Waals surface area contributed by atoms with Crippen molar-refractivity contribution in [2.45, 2.75) is 19.9 Å². The summed E-state index contributed by atoms with van der Waals surface area (Å²) >= 11 is 0. The lowest BCUT2D eigenvalue weighted by molar-refractivity contribution is 0.204. The first-order valence-corrected chi connectivity index (χ1v) is 5.87. The number of benzene rings is 1. The van der Waals surface area contributed by atoms with Crippen molar-refractivity contribution in [2.75, 3.05) is 25.2 Å². The number of hydrogen-bond donors (Lipinski definition) is 2. The maximum absolute atomic E-state index is 13.2. The minimum Gasteiger partial charge on any atom is -0.384 e. The molecule has 0 aliphatic carbocycles. The topological polar surface area (TPSA) is 62.3 Å². The van der Waals surface area contributed by atoms with Gasteiger partial charge in [0.1, 0.15) is 11.7 Å². The summed E-state index contributed by atoms with van der Waals surface area (Å²) in [6.45, 7) is 5.29. The summed E-state index contributed by atoms with van der Waals surface area (Å²) in [5.41, 5.74) is 6.69. The van der Waals surface area contributed by atoms with E-state index in [0.717, 1.165) is 5.69 Å². The molecule has 1 rings (SSSR count). The van der Waals surface area contributed by atoms with Crippen molar-refractivity contribution in [3.05, 3.63) is 29.6 Å². The van der Waals surface area contributed by atoms with Gasteiger partial charge in [-0.15, -0.1) is 0 Å². The average molecular weight is 253 g/mol. The number of nitrogens with zero attached hydrogens (tertiary/aromatic N) is 1. The van der Waals surface area contributed by atoms with Crippen LogP contribution < -0.4 is 10.6 Å². The molecular formula is C13H20FN3O. The number of hydrogen-bond acceptors (Lipinski definition) is 3. The molecule has 3 N–H and O–H groups in total. The molecule has 1 aromatic carbocycles. The van der Waals surface area contributed by atoms with E-state index in [4.69, 9.17) is 15.9 Å². The Morgan fingerprint density at radius 1 is 1.50 bits per heavy atom. The molecule has 0 saturated heterocycles. The number of nitrogens with one attached hydrogen (secondary N) is 1. The molecule has 0 fully saturated rings. The number of amidine groups is 1. The van der Waals surface area contributed by atoms with Gasteiger partial charge >= 0.3 is 0 Å². The molecular weight excluding hydrogens is 233 g/mol. The molecule has 0 aliphatic rings. The molecule has 0 amide bonds. The van der Waals surface area contributed by atoms with Gasteiger partial charge in [-0.3, -0.25) is 5.41 Å². The molecule has 0 spiro atoms. The van der Waals surface area contributed by atoms with Gasteiger partial charge in [-0.2, -0.15) is 0 Å². The molecule has 5 heteroatoms. The van der Waals surface area contributed by atoms with Crippen LogP contribution in [-0.4, -0.2) is 32.1 Å². The zero-order valence-corrected chi connectivity index (χ0v) is 11.0. The fourth-order valence-electron chi connectivity index (χ4n) is 1.82. The third-order valence-electron chi connectivity index (χ3n) is 2.72. The van der Waals surface area contributed by atoms with Crippen molar-refractivity contribution in [2.24, 2.45) is 5.73 Å². The Morgan fingerprint density at radius 2 is 2.17 bits per heavy atom. The second-order valence-electron chi connectivity index (χ2n) is 4.36. The van der Waals surface area contributed by atoms with Crippen LogP contribution in [0.5, 0.6) is 0 Å². The third-order valence-corrected chi connectivity index (χ3v) is 2.72. The Labute approximate surface area is 107 Å². The van der Waals surface area contributed by atoms with Gasteiger partial charge in [0.2, 0.25) is 0 Å². The number of nitrogens with two attached hydrogens (primary N) is 1. The zero-order chi connectivity index (χ0) is 13.7. The van der Waals surface area contributed by atoms with Gasteiger partial charge in [0.15, 0.2) is 0 Å². The van der Waals surface area contributed by atoms with Crippen LogP contribution >= 0.6 is 0 Å². The van der Waals surface area contributed by atoms with Crippen LogP contribution in [0.2, 0.25) is 0 Å². The number of nitrogen functional groups attached to an aromatic ring is 1. The molecule has 0 bridgehead atoms. The molecule has 4 nitrogen and oxygen atoms in total. The fraction of sp³-hybridized carbons (Fsp3) is 0.462. The molecule has 0 aromatic heterocycles. The first kappa shape index (κ1) is 14.4. The summed E-state index contributed by atoms with van der Waals surface area (Å²) < 4.78 is 18.3. The van der Waals surface area contributed by atoms with Crippen molar-refractivity contribution in [1.29, 1.82) is 5.41 Å². The molecule has 0 unspecified atom stereocenters. The minimum atomic E-state index is -0.389. The zero-order valence-electron chi connectivity index (χ0n) is 11.0. The normalized spacial score (nSPS) is 10.7. The number of ether oxygens (including phenoxy) is 1. The molecule has 0 radical (unpaired) electrons. The second kappa shape index (κ2) is 6.35. The van der Waals surface area contributed by atoms with Crippen LogP contribution in [0.25, 0.3) is 0 Å². The highest BCUT2D eigenvalue weighted by Crippen LogP contribution is 2.23. The second-order valence-corrected chi connectivity index (χ2v) is 4.36. The lowest BCUT2D eigenvalue weighted by Crippen LogP contribution is -2.35. The van der Waals surface area contributed by atoms with Gasteiger partial charge in [-0.05, 0) is 32.0 Å². The maximum Gasteiger partial charge on any atom is 0.125 e. The van der Waals surface area contributed by atoms with Gasteiger partial charge in [0.25, 0.3) is 0 Å². The fourth-order valence-corrected chi connectivity index (χ4v) is 1.82. The van der Waals surface area contributed by atoms with E-state index in [9.17, 15) is 4.39 Å². The van der Waals surface area contributed by atoms with Crippen LogP contribution in [0.1, 0.15) is 19.4 Å². The van der Waals surface area contributed by atoms with Crippen molar-refractivity contribution in [3.63, 3.8) is 0 Å². The van der Waals surface area contributed by atoms with E-state index in [1.165, 1.54) is 12.1 Å². The van der Waals surface area contributed by atoms with E-state index < -0.39 is 0 Å². The molecule has 1 aromatic rings. The Morgan fingerprint density at radius 3 is 2.67 bits per heavy atom. The SMILES string of the molecule is COCCN(c1ccc(F)cc1C(=N)N)C(C)C. The number of rotatable bonds is 6. The highest BCUT2D eigenvalue weighted by Gasteiger charge is 2.16. The highest BCUT2D eigenvalue weighted by atomic mass is 19.1. The van der Waals surface area contributed by atoms with E-state index in [0.29, 0.717) is 18.7 Å². The first-order chi connectivity index (χ1) is 8.47. The van der Waals surface area contributed by atoms with Crippen molar-refractivity contribution in [3.8, 4) is 0 Å². The largest absolute Gasteiger partial charge is 0.384 e. The molecule has 18 heavy (non-hydrogen) atoms. The summed E-state index contributed by atoms with van der Waals surface area (Å²) in [7, 11) is 1.63. The Balaban J connectivity index is 3.14. The molecule has 0 heterocycles. The quantitative estimate of drug-likeness (QED) is 0.602. The van der Waals surface area contributed by atoms with Crippen LogP contribution in [0, 0.1) is 11.2 Å². The van der Waals surface area contributed by atoms with Crippen LogP contribution in [0.4, 0.5) is 10.1 Å².